The van der Waals surface area contributed by atoms with Gasteiger partial charge in [0.2, 0.25) is 6.79 Å². The average Bonchev–Trinajstić information content (AvgIpc) is 3.25. The highest BCUT2D eigenvalue weighted by Crippen LogP contribution is 2.34. The van der Waals surface area contributed by atoms with Crippen LogP contribution in [0.5, 0.6) is 11.5 Å². The van der Waals surface area contributed by atoms with Crippen LogP contribution < -0.4 is 9.47 Å². The van der Waals surface area contributed by atoms with Gasteiger partial charge in [-0.1, -0.05) is 12.1 Å². The number of β-amino-alcohol motifs (C(OH)–C–C–N with tert-alkyl or cyclic N) is 1. The second kappa shape index (κ2) is 7.74. The smallest absolute Gasteiger partial charge is 0.231 e. The van der Waals surface area contributed by atoms with Crippen LogP contribution in [-0.2, 0) is 6.54 Å². The van der Waals surface area contributed by atoms with Crippen molar-refractivity contribution >= 4 is 11.3 Å². The molecule has 0 bridgehead atoms. The highest BCUT2D eigenvalue weighted by molar-refractivity contribution is 7.09. The molecule has 4 rings (SSSR count). The van der Waals surface area contributed by atoms with Crippen LogP contribution in [0, 0.1) is 0 Å². The summed E-state index contributed by atoms with van der Waals surface area (Å²) in [4.78, 5) is 6.30. The monoisotopic (exact) mass is 360 g/mol. The van der Waals surface area contributed by atoms with Crippen LogP contribution in [0.1, 0.15) is 23.0 Å². The van der Waals surface area contributed by atoms with Crippen molar-refractivity contribution in [3.63, 3.8) is 0 Å². The standard InChI is InChI=1S/C19H24N2O3S/c22-17(15-4-5-18-19(11-15)24-14-23-18)13-21-7-2-6-20(8-9-21)12-16-3-1-10-25-16/h1,3-5,10-11,17,22H,2,6-9,12-14H2/t17-/m0/s1. The van der Waals surface area contributed by atoms with Gasteiger partial charge in [0.25, 0.3) is 0 Å². The Morgan fingerprint density at radius 1 is 1.04 bits per heavy atom. The average molecular weight is 360 g/mol. The fourth-order valence-corrected chi connectivity index (χ4v) is 4.20. The summed E-state index contributed by atoms with van der Waals surface area (Å²) >= 11 is 1.82. The summed E-state index contributed by atoms with van der Waals surface area (Å²) in [6.07, 6.45) is 0.637. The lowest BCUT2D eigenvalue weighted by atomic mass is 10.1. The Morgan fingerprint density at radius 3 is 2.76 bits per heavy atom. The molecule has 0 radical (unpaired) electrons. The summed E-state index contributed by atoms with van der Waals surface area (Å²) in [5.74, 6) is 1.49. The van der Waals surface area contributed by atoms with Crippen LogP contribution in [0.4, 0.5) is 0 Å². The predicted octanol–water partition coefficient (Wildman–Crippen LogP) is 2.72. The van der Waals surface area contributed by atoms with Gasteiger partial charge < -0.3 is 14.6 Å². The molecule has 0 amide bonds. The summed E-state index contributed by atoms with van der Waals surface area (Å²) in [6.45, 7) is 6.15. The molecule has 1 N–H and O–H groups in total. The molecule has 2 aromatic rings. The van der Waals surface area contributed by atoms with Crippen molar-refractivity contribution in [2.75, 3.05) is 39.5 Å². The van der Waals surface area contributed by atoms with E-state index >= 15 is 0 Å². The molecule has 134 valence electrons. The number of nitrogens with zero attached hydrogens (tertiary/aromatic N) is 2. The van der Waals surface area contributed by atoms with Crippen molar-refractivity contribution in [2.24, 2.45) is 0 Å². The molecule has 25 heavy (non-hydrogen) atoms. The van der Waals surface area contributed by atoms with Gasteiger partial charge in [-0.15, -0.1) is 11.3 Å². The van der Waals surface area contributed by atoms with Gasteiger partial charge >= 0.3 is 0 Å². The number of hydrogen-bond acceptors (Lipinski definition) is 6. The van der Waals surface area contributed by atoms with Gasteiger partial charge in [-0.25, -0.2) is 0 Å². The molecule has 1 saturated heterocycles. The van der Waals surface area contributed by atoms with Gasteiger partial charge in [0.15, 0.2) is 11.5 Å². The molecule has 0 unspecified atom stereocenters. The minimum atomic E-state index is -0.502. The molecular formula is C19H24N2O3S. The third-order valence-corrected chi connectivity index (χ3v) is 5.71. The molecule has 0 aliphatic carbocycles. The van der Waals surface area contributed by atoms with Crippen LogP contribution in [-0.4, -0.2) is 54.4 Å². The zero-order valence-corrected chi connectivity index (χ0v) is 15.1. The summed E-state index contributed by atoms with van der Waals surface area (Å²) in [5.41, 5.74) is 0.893. The molecule has 2 aliphatic rings. The molecular weight excluding hydrogens is 336 g/mol. The molecule has 0 spiro atoms. The van der Waals surface area contributed by atoms with E-state index in [0.29, 0.717) is 6.54 Å². The van der Waals surface area contributed by atoms with Crippen LogP contribution in [0.3, 0.4) is 0 Å². The highest BCUT2D eigenvalue weighted by atomic mass is 32.1. The first-order chi connectivity index (χ1) is 12.3. The van der Waals surface area contributed by atoms with E-state index in [2.05, 4.69) is 27.3 Å². The second-order valence-electron chi connectivity index (χ2n) is 6.64. The van der Waals surface area contributed by atoms with Crippen molar-refractivity contribution in [1.29, 1.82) is 0 Å². The third-order valence-electron chi connectivity index (χ3n) is 4.85. The number of benzene rings is 1. The van der Waals surface area contributed by atoms with Crippen molar-refractivity contribution in [3.8, 4) is 11.5 Å². The number of ether oxygens (including phenoxy) is 2. The summed E-state index contributed by atoms with van der Waals surface area (Å²) < 4.78 is 10.7. The minimum absolute atomic E-state index is 0.265. The van der Waals surface area contributed by atoms with Crippen LogP contribution in [0.15, 0.2) is 35.7 Å². The molecule has 5 nitrogen and oxygen atoms in total. The fourth-order valence-electron chi connectivity index (χ4n) is 3.46. The van der Waals surface area contributed by atoms with E-state index in [1.807, 2.05) is 29.5 Å². The lowest BCUT2D eigenvalue weighted by molar-refractivity contribution is 0.114. The molecule has 1 aromatic heterocycles. The van der Waals surface area contributed by atoms with E-state index in [4.69, 9.17) is 9.47 Å². The predicted molar refractivity (Wildman–Crippen MR) is 98.2 cm³/mol. The third kappa shape index (κ3) is 4.15. The number of hydrogen-bond donors (Lipinski definition) is 1. The highest BCUT2D eigenvalue weighted by Gasteiger charge is 2.21. The fraction of sp³-hybridized carbons (Fsp3) is 0.474. The normalized spacial score (nSPS) is 19.7. The number of fused-ring (bicyclic) bond motifs is 1. The second-order valence-corrected chi connectivity index (χ2v) is 7.67. The van der Waals surface area contributed by atoms with Crippen molar-refractivity contribution in [2.45, 2.75) is 19.1 Å². The molecule has 3 heterocycles. The van der Waals surface area contributed by atoms with E-state index in [9.17, 15) is 5.11 Å². The van der Waals surface area contributed by atoms with Crippen molar-refractivity contribution in [1.82, 2.24) is 9.80 Å². The number of aliphatic hydroxyl groups excluding tert-OH is 1. The zero-order chi connectivity index (χ0) is 17.1. The van der Waals surface area contributed by atoms with Gasteiger partial charge in [0.1, 0.15) is 0 Å². The summed E-state index contributed by atoms with van der Waals surface area (Å²) in [5, 5.41) is 12.8. The lowest BCUT2D eigenvalue weighted by Crippen LogP contribution is -2.33. The maximum absolute atomic E-state index is 10.6. The molecule has 1 aromatic carbocycles. The van der Waals surface area contributed by atoms with E-state index in [0.717, 1.165) is 56.2 Å². The van der Waals surface area contributed by atoms with E-state index < -0.39 is 6.10 Å². The Morgan fingerprint density at radius 2 is 1.88 bits per heavy atom. The maximum Gasteiger partial charge on any atom is 0.231 e. The molecule has 1 fully saturated rings. The Hall–Kier alpha value is -1.60. The van der Waals surface area contributed by atoms with E-state index in [1.54, 1.807) is 0 Å². The number of rotatable bonds is 5. The Labute approximate surface area is 152 Å². The molecule has 2 aliphatic heterocycles. The van der Waals surface area contributed by atoms with Gasteiger partial charge in [-0.3, -0.25) is 9.80 Å². The molecule has 1 atom stereocenters. The largest absolute Gasteiger partial charge is 0.454 e. The van der Waals surface area contributed by atoms with Crippen LogP contribution in [0.2, 0.25) is 0 Å². The Balaban J connectivity index is 1.31. The first-order valence-corrected chi connectivity index (χ1v) is 9.70. The SMILES string of the molecule is O[C@@H](CN1CCCN(Cc2cccs2)CC1)c1ccc2c(c1)OCO2. The van der Waals surface area contributed by atoms with Crippen molar-refractivity contribution in [3.05, 3.63) is 46.2 Å². The van der Waals surface area contributed by atoms with Crippen LogP contribution in [0.25, 0.3) is 0 Å². The van der Waals surface area contributed by atoms with Crippen molar-refractivity contribution < 1.29 is 14.6 Å². The van der Waals surface area contributed by atoms with Gasteiger partial charge in [0.05, 0.1) is 6.10 Å². The Bertz CT molecular complexity index is 692. The van der Waals surface area contributed by atoms with Crippen LogP contribution >= 0.6 is 11.3 Å². The first kappa shape index (κ1) is 16.8. The quantitative estimate of drug-likeness (QED) is 0.888. The molecule has 0 saturated carbocycles. The van der Waals surface area contributed by atoms with E-state index in [-0.39, 0.29) is 6.79 Å². The lowest BCUT2D eigenvalue weighted by Gasteiger charge is -2.24. The van der Waals surface area contributed by atoms with Gasteiger partial charge in [-0.05, 0) is 48.7 Å². The zero-order valence-electron chi connectivity index (χ0n) is 14.3. The first-order valence-electron chi connectivity index (χ1n) is 8.82. The topological polar surface area (TPSA) is 45.2 Å². The molecule has 6 heteroatoms. The number of aliphatic hydroxyl groups is 1. The Kier molecular flexibility index (Phi) is 5.22. The maximum atomic E-state index is 10.6. The van der Waals surface area contributed by atoms with E-state index in [1.165, 1.54) is 4.88 Å². The minimum Gasteiger partial charge on any atom is -0.454 e. The number of thiophene rings is 1. The summed E-state index contributed by atoms with van der Waals surface area (Å²) in [6, 6.07) is 10.0. The van der Waals surface area contributed by atoms with Gasteiger partial charge in [0, 0.05) is 31.1 Å². The van der Waals surface area contributed by atoms with Gasteiger partial charge in [-0.2, -0.15) is 0 Å². The summed E-state index contributed by atoms with van der Waals surface area (Å²) in [7, 11) is 0.